The lowest BCUT2D eigenvalue weighted by Gasteiger charge is -2.35. The van der Waals surface area contributed by atoms with E-state index in [1.807, 2.05) is 12.4 Å². The third-order valence-corrected chi connectivity index (χ3v) is 3.64. The first-order valence-electron chi connectivity index (χ1n) is 7.27. The van der Waals surface area contributed by atoms with Gasteiger partial charge in [0.25, 0.3) is 0 Å². The number of nitrogens with one attached hydrogen (secondary N) is 1. The number of imidazole rings is 1. The van der Waals surface area contributed by atoms with E-state index in [4.69, 9.17) is 4.74 Å². The molecule has 0 radical (unpaired) electrons. The highest BCUT2D eigenvalue weighted by atomic mass is 16.5. The fourth-order valence-corrected chi connectivity index (χ4v) is 2.45. The lowest BCUT2D eigenvalue weighted by atomic mass is 10.2. The van der Waals surface area contributed by atoms with E-state index in [0.29, 0.717) is 6.04 Å². The Bertz CT molecular complexity index is 377. The molecule has 1 aromatic rings. The molecule has 2 heterocycles. The van der Waals surface area contributed by atoms with E-state index in [1.165, 1.54) is 0 Å². The molecule has 1 aromatic heterocycles. The molecule has 1 fully saturated rings. The maximum Gasteiger partial charge on any atom is 0.122 e. The van der Waals surface area contributed by atoms with Gasteiger partial charge in [-0.25, -0.2) is 4.98 Å². The first kappa shape index (κ1) is 14.5. The first-order valence-corrected chi connectivity index (χ1v) is 7.27. The Labute approximate surface area is 116 Å². The number of aromatic nitrogens is 2. The first-order chi connectivity index (χ1) is 9.20. The van der Waals surface area contributed by atoms with Crippen molar-refractivity contribution in [2.24, 2.45) is 0 Å². The van der Waals surface area contributed by atoms with Crippen molar-refractivity contribution in [1.29, 1.82) is 0 Å². The summed E-state index contributed by atoms with van der Waals surface area (Å²) in [6, 6.07) is 0.593. The van der Waals surface area contributed by atoms with Gasteiger partial charge >= 0.3 is 0 Å². The molecule has 1 aliphatic heterocycles. The highest BCUT2D eigenvalue weighted by molar-refractivity contribution is 4.93. The second-order valence-corrected chi connectivity index (χ2v) is 5.36. The summed E-state index contributed by atoms with van der Waals surface area (Å²) in [5, 5.41) is 3.32. The van der Waals surface area contributed by atoms with E-state index in [2.05, 4.69) is 40.5 Å². The van der Waals surface area contributed by atoms with Crippen LogP contribution in [0.3, 0.4) is 0 Å². The van der Waals surface area contributed by atoms with Gasteiger partial charge in [0.1, 0.15) is 5.82 Å². The van der Waals surface area contributed by atoms with Gasteiger partial charge in [0, 0.05) is 31.5 Å². The van der Waals surface area contributed by atoms with Crippen molar-refractivity contribution in [2.45, 2.75) is 46.0 Å². The molecule has 0 aromatic carbocycles. The van der Waals surface area contributed by atoms with Crippen LogP contribution in [0.4, 0.5) is 0 Å². The van der Waals surface area contributed by atoms with E-state index < -0.39 is 0 Å². The van der Waals surface area contributed by atoms with Crippen LogP contribution >= 0.6 is 0 Å². The van der Waals surface area contributed by atoms with Gasteiger partial charge in [-0.1, -0.05) is 6.92 Å². The summed E-state index contributed by atoms with van der Waals surface area (Å²) in [6.45, 7) is 12.2. The van der Waals surface area contributed by atoms with Crippen LogP contribution in [0.25, 0.3) is 0 Å². The van der Waals surface area contributed by atoms with E-state index in [1.54, 1.807) is 0 Å². The molecule has 1 aliphatic rings. The summed E-state index contributed by atoms with van der Waals surface area (Å²) in [5.41, 5.74) is 0. The van der Waals surface area contributed by atoms with Crippen LogP contribution in [0.5, 0.6) is 0 Å². The normalized spacial score (nSPS) is 21.2. The van der Waals surface area contributed by atoms with Crippen molar-refractivity contribution in [1.82, 2.24) is 19.8 Å². The molecule has 0 aliphatic carbocycles. The molecule has 108 valence electrons. The number of ether oxygens (including phenoxy) is 1. The Morgan fingerprint density at radius 1 is 1.53 bits per heavy atom. The average molecular weight is 266 g/mol. The molecule has 1 unspecified atom stereocenters. The van der Waals surface area contributed by atoms with Gasteiger partial charge in [0.2, 0.25) is 0 Å². The average Bonchev–Trinajstić information content (AvgIpc) is 2.84. The van der Waals surface area contributed by atoms with Crippen molar-refractivity contribution in [3.8, 4) is 0 Å². The number of hydrogen-bond donors (Lipinski definition) is 1. The van der Waals surface area contributed by atoms with Crippen LogP contribution in [0.1, 0.15) is 26.6 Å². The highest BCUT2D eigenvalue weighted by Gasteiger charge is 2.22. The Morgan fingerprint density at radius 2 is 2.37 bits per heavy atom. The maximum absolute atomic E-state index is 5.88. The molecule has 0 bridgehead atoms. The molecule has 1 N–H and O–H groups in total. The lowest BCUT2D eigenvalue weighted by molar-refractivity contribution is -0.0459. The number of morpholine rings is 1. The van der Waals surface area contributed by atoms with Gasteiger partial charge in [-0.15, -0.1) is 0 Å². The van der Waals surface area contributed by atoms with Crippen LogP contribution in [-0.4, -0.2) is 52.8 Å². The van der Waals surface area contributed by atoms with Crippen LogP contribution in [0.15, 0.2) is 12.4 Å². The summed E-state index contributed by atoms with van der Waals surface area (Å²) >= 11 is 0. The zero-order chi connectivity index (χ0) is 13.7. The molecule has 2 rings (SSSR count). The number of rotatable bonds is 6. The molecule has 0 amide bonds. The van der Waals surface area contributed by atoms with Crippen LogP contribution in [0, 0.1) is 0 Å². The summed E-state index contributed by atoms with van der Waals surface area (Å²) in [5.74, 6) is 1.09. The minimum absolute atomic E-state index is 0.269. The van der Waals surface area contributed by atoms with Crippen molar-refractivity contribution in [3.63, 3.8) is 0 Å². The fraction of sp³-hybridized carbons (Fsp3) is 0.786. The quantitative estimate of drug-likeness (QED) is 0.837. The molecular weight excluding hydrogens is 240 g/mol. The Balaban J connectivity index is 1.91. The molecule has 5 heteroatoms. The lowest BCUT2D eigenvalue weighted by Crippen LogP contribution is -2.47. The molecule has 5 nitrogen and oxygen atoms in total. The number of nitrogens with zero attached hydrogens (tertiary/aromatic N) is 3. The van der Waals surface area contributed by atoms with Crippen LogP contribution in [0.2, 0.25) is 0 Å². The standard InChI is InChI=1S/C14H26N4O/c1-4-15-9-14-16-5-6-18(14)11-13-10-17(12(2)3)7-8-19-13/h5-6,12-13,15H,4,7-11H2,1-3H3. The van der Waals surface area contributed by atoms with Gasteiger partial charge in [0.15, 0.2) is 0 Å². The van der Waals surface area contributed by atoms with Crippen molar-refractivity contribution >= 4 is 0 Å². The van der Waals surface area contributed by atoms with Crippen molar-refractivity contribution in [3.05, 3.63) is 18.2 Å². The van der Waals surface area contributed by atoms with Crippen LogP contribution in [-0.2, 0) is 17.8 Å². The van der Waals surface area contributed by atoms with E-state index in [-0.39, 0.29) is 6.10 Å². The molecule has 0 spiro atoms. The van der Waals surface area contributed by atoms with Gasteiger partial charge in [-0.2, -0.15) is 0 Å². The zero-order valence-electron chi connectivity index (χ0n) is 12.3. The van der Waals surface area contributed by atoms with Crippen molar-refractivity contribution < 1.29 is 4.74 Å². The van der Waals surface area contributed by atoms with Gasteiger partial charge in [0.05, 0.1) is 25.8 Å². The largest absolute Gasteiger partial charge is 0.374 e. The van der Waals surface area contributed by atoms with E-state index in [0.717, 1.165) is 45.2 Å². The van der Waals surface area contributed by atoms with E-state index in [9.17, 15) is 0 Å². The molecular formula is C14H26N4O. The zero-order valence-corrected chi connectivity index (χ0v) is 12.3. The van der Waals surface area contributed by atoms with Crippen LogP contribution < -0.4 is 5.32 Å². The Hall–Kier alpha value is -0.910. The summed E-state index contributed by atoms with van der Waals surface area (Å²) in [7, 11) is 0. The van der Waals surface area contributed by atoms with E-state index >= 15 is 0 Å². The third kappa shape index (κ3) is 4.03. The predicted octanol–water partition coefficient (Wildman–Crippen LogP) is 1.10. The van der Waals surface area contributed by atoms with Gasteiger partial charge in [-0.3, -0.25) is 4.90 Å². The van der Waals surface area contributed by atoms with Gasteiger partial charge < -0.3 is 14.6 Å². The number of hydrogen-bond acceptors (Lipinski definition) is 4. The third-order valence-electron chi connectivity index (χ3n) is 3.64. The molecule has 1 atom stereocenters. The minimum atomic E-state index is 0.269. The van der Waals surface area contributed by atoms with Gasteiger partial charge in [-0.05, 0) is 20.4 Å². The summed E-state index contributed by atoms with van der Waals surface area (Å²) < 4.78 is 8.09. The Kier molecular flexibility index (Phi) is 5.36. The SMILES string of the molecule is CCNCc1nccn1CC1CN(C(C)C)CCO1. The monoisotopic (exact) mass is 266 g/mol. The van der Waals surface area contributed by atoms with Crippen molar-refractivity contribution in [2.75, 3.05) is 26.2 Å². The predicted molar refractivity (Wildman–Crippen MR) is 76.1 cm³/mol. The second-order valence-electron chi connectivity index (χ2n) is 5.36. The second kappa shape index (κ2) is 7.03. The smallest absolute Gasteiger partial charge is 0.122 e. The molecule has 0 saturated carbocycles. The highest BCUT2D eigenvalue weighted by Crippen LogP contribution is 2.11. The fourth-order valence-electron chi connectivity index (χ4n) is 2.45. The topological polar surface area (TPSA) is 42.3 Å². The molecule has 19 heavy (non-hydrogen) atoms. The summed E-state index contributed by atoms with van der Waals surface area (Å²) in [6.07, 6.45) is 4.19. The minimum Gasteiger partial charge on any atom is -0.374 e. The Morgan fingerprint density at radius 3 is 3.11 bits per heavy atom. The molecule has 1 saturated heterocycles. The maximum atomic E-state index is 5.88. The summed E-state index contributed by atoms with van der Waals surface area (Å²) in [4.78, 5) is 6.89.